The topological polar surface area (TPSA) is 13.1 Å². The summed E-state index contributed by atoms with van der Waals surface area (Å²) >= 11 is 1.89. The first kappa shape index (κ1) is 30.2. The minimum Gasteiger partial charge on any atom is -0.472 e. The number of thiophene rings is 1. The van der Waals surface area contributed by atoms with Crippen molar-refractivity contribution in [2.75, 3.05) is 0 Å². The molecule has 11 aromatic rings. The van der Waals surface area contributed by atoms with Gasteiger partial charge in [0, 0.05) is 31.3 Å². The molecular formula is C51H32OS. The lowest BCUT2D eigenvalue weighted by atomic mass is 9.84. The Morgan fingerprint density at radius 1 is 0.358 bits per heavy atom. The highest BCUT2D eigenvalue weighted by molar-refractivity contribution is 7.26. The van der Waals surface area contributed by atoms with Crippen molar-refractivity contribution < 1.29 is 4.42 Å². The van der Waals surface area contributed by atoms with Gasteiger partial charge in [-0.25, -0.2) is 0 Å². The maximum atomic E-state index is 5.71. The third-order valence-corrected chi connectivity index (χ3v) is 12.2. The zero-order chi connectivity index (χ0) is 35.0. The number of aryl methyl sites for hydroxylation is 1. The van der Waals surface area contributed by atoms with E-state index in [1.165, 1.54) is 102 Å². The molecule has 2 heterocycles. The highest BCUT2D eigenvalue weighted by Crippen LogP contribution is 2.50. The SMILES string of the molecule is Cc1cocc1-c1c2ccccc2c(-c2ccc3c(c2)sc2cccc(-c4c5ccccc5c(-c5ccccc5)c5ccccc45)c23)c2ccccc12. The van der Waals surface area contributed by atoms with Crippen LogP contribution in [0.25, 0.3) is 108 Å². The zero-order valence-electron chi connectivity index (χ0n) is 29.1. The zero-order valence-corrected chi connectivity index (χ0v) is 29.9. The maximum Gasteiger partial charge on any atom is 0.0984 e. The minimum atomic E-state index is 1.14. The molecule has 0 amide bonds. The Hall–Kier alpha value is -6.48. The van der Waals surface area contributed by atoms with Crippen molar-refractivity contribution in [2.24, 2.45) is 0 Å². The Balaban J connectivity index is 1.18. The number of fused-ring (bicyclic) bond motifs is 7. The molecule has 0 fully saturated rings. The van der Waals surface area contributed by atoms with E-state index in [-0.39, 0.29) is 0 Å². The van der Waals surface area contributed by atoms with Crippen LogP contribution in [-0.2, 0) is 0 Å². The number of hydrogen-bond acceptors (Lipinski definition) is 2. The molecule has 0 spiro atoms. The Bertz CT molecular complexity index is 3120. The first-order chi connectivity index (χ1) is 26.2. The van der Waals surface area contributed by atoms with Gasteiger partial charge in [0.2, 0.25) is 0 Å². The van der Waals surface area contributed by atoms with Crippen LogP contribution in [0.15, 0.2) is 181 Å². The van der Waals surface area contributed by atoms with E-state index in [9.17, 15) is 0 Å². The first-order valence-corrected chi connectivity index (χ1v) is 19.0. The maximum absolute atomic E-state index is 5.71. The van der Waals surface area contributed by atoms with Crippen LogP contribution in [0.5, 0.6) is 0 Å². The summed E-state index contributed by atoms with van der Waals surface area (Å²) in [6, 6.07) is 60.4. The standard InChI is InChI=1S/C51H32OS/c1-31-29-52-30-44(31)50-40-22-11-7-18-36(40)48(37-19-8-12-23-41(37)50)33-26-27-42-46(28-33)53-45-25-13-24-43(51(42)45)49-38-20-9-5-16-34(38)47(32-14-3-2-4-15-32)35-17-6-10-21-39(35)49/h2-30H,1H3. The van der Waals surface area contributed by atoms with Crippen molar-refractivity contribution in [2.45, 2.75) is 6.92 Å². The summed E-state index contributed by atoms with van der Waals surface area (Å²) in [7, 11) is 0. The van der Waals surface area contributed by atoms with E-state index in [0.717, 1.165) is 11.1 Å². The molecule has 0 saturated heterocycles. The van der Waals surface area contributed by atoms with Crippen LogP contribution in [0, 0.1) is 6.92 Å². The second kappa shape index (κ2) is 11.8. The van der Waals surface area contributed by atoms with E-state index < -0.39 is 0 Å². The van der Waals surface area contributed by atoms with Gasteiger partial charge in [-0.05, 0) is 101 Å². The van der Waals surface area contributed by atoms with Gasteiger partial charge in [-0.3, -0.25) is 0 Å². The van der Waals surface area contributed by atoms with E-state index in [0.29, 0.717) is 0 Å². The molecule has 0 atom stereocenters. The Morgan fingerprint density at radius 2 is 0.849 bits per heavy atom. The van der Waals surface area contributed by atoms with Gasteiger partial charge in [0.1, 0.15) is 0 Å². The molecule has 0 saturated carbocycles. The van der Waals surface area contributed by atoms with Crippen molar-refractivity contribution in [3.63, 3.8) is 0 Å². The fourth-order valence-corrected chi connectivity index (χ4v) is 10.0. The highest BCUT2D eigenvalue weighted by Gasteiger charge is 2.22. The van der Waals surface area contributed by atoms with Gasteiger partial charge in [-0.1, -0.05) is 152 Å². The van der Waals surface area contributed by atoms with Crippen LogP contribution >= 0.6 is 11.3 Å². The van der Waals surface area contributed by atoms with Crippen molar-refractivity contribution in [3.05, 3.63) is 182 Å². The lowest BCUT2D eigenvalue weighted by Crippen LogP contribution is -1.91. The minimum absolute atomic E-state index is 1.14. The molecule has 0 aliphatic heterocycles. The fourth-order valence-electron chi connectivity index (χ4n) is 8.87. The second-order valence-electron chi connectivity index (χ2n) is 14.0. The fraction of sp³-hybridized carbons (Fsp3) is 0.0196. The van der Waals surface area contributed by atoms with Gasteiger partial charge in [0.15, 0.2) is 0 Å². The van der Waals surface area contributed by atoms with E-state index in [1.54, 1.807) is 0 Å². The summed E-state index contributed by atoms with van der Waals surface area (Å²) in [5, 5.41) is 12.7. The van der Waals surface area contributed by atoms with Gasteiger partial charge in [-0.15, -0.1) is 11.3 Å². The molecule has 2 aromatic heterocycles. The molecule has 0 aliphatic carbocycles. The smallest absolute Gasteiger partial charge is 0.0984 e. The summed E-state index contributed by atoms with van der Waals surface area (Å²) in [6.45, 7) is 2.13. The molecule has 0 aliphatic rings. The summed E-state index contributed by atoms with van der Waals surface area (Å²) in [5.74, 6) is 0. The average molecular weight is 693 g/mol. The average Bonchev–Trinajstić information content (AvgIpc) is 3.81. The number of benzene rings is 9. The predicted octanol–water partition coefficient (Wildman–Crippen LogP) is 15.2. The van der Waals surface area contributed by atoms with Crippen molar-refractivity contribution >= 4 is 74.6 Å². The monoisotopic (exact) mass is 692 g/mol. The lowest BCUT2D eigenvalue weighted by molar-refractivity contribution is 0.566. The van der Waals surface area contributed by atoms with Gasteiger partial charge in [0.25, 0.3) is 0 Å². The molecule has 0 unspecified atom stereocenters. The van der Waals surface area contributed by atoms with E-state index in [1.807, 2.05) is 23.9 Å². The van der Waals surface area contributed by atoms with E-state index in [2.05, 4.69) is 171 Å². The first-order valence-electron chi connectivity index (χ1n) is 18.2. The largest absolute Gasteiger partial charge is 0.472 e. The van der Waals surface area contributed by atoms with Gasteiger partial charge in [0.05, 0.1) is 12.5 Å². The summed E-state index contributed by atoms with van der Waals surface area (Å²) in [6.07, 6.45) is 3.74. The van der Waals surface area contributed by atoms with Crippen LogP contribution in [0.1, 0.15) is 5.56 Å². The molecule has 9 aromatic carbocycles. The van der Waals surface area contributed by atoms with Crippen molar-refractivity contribution in [1.82, 2.24) is 0 Å². The van der Waals surface area contributed by atoms with E-state index >= 15 is 0 Å². The predicted molar refractivity (Wildman–Crippen MR) is 228 cm³/mol. The van der Waals surface area contributed by atoms with E-state index in [4.69, 9.17) is 4.42 Å². The lowest BCUT2D eigenvalue weighted by Gasteiger charge is -2.18. The van der Waals surface area contributed by atoms with Crippen LogP contribution in [0.2, 0.25) is 0 Å². The molecule has 11 rings (SSSR count). The Kier molecular flexibility index (Phi) is 6.71. The molecule has 2 heteroatoms. The van der Waals surface area contributed by atoms with Crippen LogP contribution in [0.3, 0.4) is 0 Å². The van der Waals surface area contributed by atoms with Crippen LogP contribution < -0.4 is 0 Å². The highest BCUT2D eigenvalue weighted by atomic mass is 32.1. The summed E-state index contributed by atoms with van der Waals surface area (Å²) in [4.78, 5) is 0. The molecule has 0 N–H and O–H groups in total. The molecule has 53 heavy (non-hydrogen) atoms. The van der Waals surface area contributed by atoms with Crippen LogP contribution in [0.4, 0.5) is 0 Å². The van der Waals surface area contributed by atoms with Gasteiger partial charge >= 0.3 is 0 Å². The number of furan rings is 1. The van der Waals surface area contributed by atoms with Gasteiger partial charge in [-0.2, -0.15) is 0 Å². The molecule has 0 bridgehead atoms. The third kappa shape index (κ3) is 4.49. The Labute approximate surface area is 311 Å². The van der Waals surface area contributed by atoms with Crippen LogP contribution in [-0.4, -0.2) is 0 Å². The van der Waals surface area contributed by atoms with Crippen molar-refractivity contribution in [1.29, 1.82) is 0 Å². The molecule has 1 nitrogen and oxygen atoms in total. The molecule has 0 radical (unpaired) electrons. The summed E-state index contributed by atoms with van der Waals surface area (Å²) < 4.78 is 8.30. The molecule has 248 valence electrons. The summed E-state index contributed by atoms with van der Waals surface area (Å²) in [5.41, 5.74) is 11.1. The normalized spacial score (nSPS) is 11.9. The number of rotatable bonds is 4. The van der Waals surface area contributed by atoms with Crippen molar-refractivity contribution in [3.8, 4) is 44.5 Å². The van der Waals surface area contributed by atoms with Gasteiger partial charge < -0.3 is 4.42 Å². The number of hydrogen-bond donors (Lipinski definition) is 0. The Morgan fingerprint density at radius 3 is 1.38 bits per heavy atom. The molecular weight excluding hydrogens is 661 g/mol. The second-order valence-corrected chi connectivity index (χ2v) is 15.1. The third-order valence-electron chi connectivity index (χ3n) is 11.1. The quantitative estimate of drug-likeness (QED) is 0.167.